The maximum Gasteiger partial charge on any atom is 0.222 e. The number of aryl methyl sites for hydroxylation is 3. The Labute approximate surface area is 141 Å². The summed E-state index contributed by atoms with van der Waals surface area (Å²) in [7, 11) is 0. The summed E-state index contributed by atoms with van der Waals surface area (Å²) in [4.78, 5) is 12.8. The quantitative estimate of drug-likeness (QED) is 0.788. The van der Waals surface area contributed by atoms with E-state index in [1.165, 1.54) is 0 Å². The monoisotopic (exact) mass is 326 g/mol. The van der Waals surface area contributed by atoms with Crippen LogP contribution in [0.5, 0.6) is 0 Å². The lowest BCUT2D eigenvalue weighted by Gasteiger charge is -2.09. The molecule has 1 atom stereocenters. The number of fused-ring (bicyclic) bond motifs is 1. The van der Waals surface area contributed by atoms with Gasteiger partial charge in [0.25, 0.3) is 0 Å². The second-order valence-electron chi connectivity index (χ2n) is 6.13. The Morgan fingerprint density at radius 1 is 1.33 bits per heavy atom. The smallest absolute Gasteiger partial charge is 0.222 e. The zero-order valence-electron chi connectivity index (χ0n) is 14.2. The van der Waals surface area contributed by atoms with Gasteiger partial charge < -0.3 is 8.98 Å². The van der Waals surface area contributed by atoms with Crippen LogP contribution in [0.4, 0.5) is 0 Å². The van der Waals surface area contributed by atoms with E-state index in [-0.39, 0.29) is 11.5 Å². The van der Waals surface area contributed by atoms with Crippen LogP contribution in [0.15, 0.2) is 10.5 Å². The summed E-state index contributed by atoms with van der Waals surface area (Å²) < 4.78 is 7.66. The molecule has 2 aromatic heterocycles. The molecule has 0 fully saturated rings. The first-order valence-electron chi connectivity index (χ1n) is 8.66. The fraction of sp³-hybridized carbons (Fsp3) is 0.556. The topological polar surface area (TPSA) is 84.7 Å². The third kappa shape index (κ3) is 2.86. The lowest BCUT2D eigenvalue weighted by molar-refractivity contribution is 0.0946. The molecule has 0 saturated carbocycles. The highest BCUT2D eigenvalue weighted by Gasteiger charge is 2.31. The predicted molar refractivity (Wildman–Crippen MR) is 87.7 cm³/mol. The van der Waals surface area contributed by atoms with Gasteiger partial charge in [0.05, 0.1) is 6.07 Å². The maximum atomic E-state index is 12.8. The molecule has 6 nitrogen and oxygen atoms in total. The first-order valence-corrected chi connectivity index (χ1v) is 8.66. The van der Waals surface area contributed by atoms with Gasteiger partial charge in [0.1, 0.15) is 11.6 Å². The Kier molecular flexibility index (Phi) is 4.79. The standard InChI is InChI=1S/C18H22N4O2/c1-3-12-10-15(24-14(12)4-2)17(23)13(11-19)18-21-20-16-8-6-5-7-9-22(16)18/h10,13H,3-9H2,1-2H3. The number of Topliss-reactive ketones (excluding diaryl/α,β-unsaturated/α-hetero) is 1. The lowest BCUT2D eigenvalue weighted by Crippen LogP contribution is -2.17. The third-order valence-corrected chi connectivity index (χ3v) is 4.63. The molecule has 0 spiro atoms. The Morgan fingerprint density at radius 2 is 2.17 bits per heavy atom. The van der Waals surface area contributed by atoms with Crippen LogP contribution in [-0.2, 0) is 25.8 Å². The molecule has 0 aromatic carbocycles. The molecule has 1 aliphatic rings. The van der Waals surface area contributed by atoms with Gasteiger partial charge in [-0.1, -0.05) is 20.3 Å². The number of carbonyl (C=O) groups is 1. The number of hydrogen-bond acceptors (Lipinski definition) is 5. The van der Waals surface area contributed by atoms with Crippen molar-refractivity contribution in [2.24, 2.45) is 0 Å². The Hall–Kier alpha value is -2.42. The van der Waals surface area contributed by atoms with Crippen molar-refractivity contribution < 1.29 is 9.21 Å². The molecule has 0 aliphatic carbocycles. The van der Waals surface area contributed by atoms with Crippen LogP contribution in [0.2, 0.25) is 0 Å². The van der Waals surface area contributed by atoms with Crippen molar-refractivity contribution in [3.8, 4) is 6.07 Å². The van der Waals surface area contributed by atoms with Gasteiger partial charge >= 0.3 is 0 Å². The molecule has 3 rings (SSSR count). The second kappa shape index (κ2) is 7.00. The van der Waals surface area contributed by atoms with Gasteiger partial charge in [-0.15, -0.1) is 10.2 Å². The summed E-state index contributed by atoms with van der Waals surface area (Å²) in [5.74, 6) is 1.10. The highest BCUT2D eigenvalue weighted by atomic mass is 16.3. The molecule has 1 aliphatic heterocycles. The van der Waals surface area contributed by atoms with Crippen LogP contribution in [0, 0.1) is 11.3 Å². The average Bonchev–Trinajstić information content (AvgIpc) is 3.12. The zero-order valence-corrected chi connectivity index (χ0v) is 14.2. The minimum Gasteiger partial charge on any atom is -0.458 e. The molecule has 0 radical (unpaired) electrons. The van der Waals surface area contributed by atoms with Gasteiger partial charge in [-0.3, -0.25) is 4.79 Å². The van der Waals surface area contributed by atoms with E-state index in [1.54, 1.807) is 6.07 Å². The molecular formula is C18H22N4O2. The molecule has 126 valence electrons. The van der Waals surface area contributed by atoms with Crippen LogP contribution in [0.25, 0.3) is 0 Å². The fourth-order valence-electron chi connectivity index (χ4n) is 3.28. The number of ketones is 1. The van der Waals surface area contributed by atoms with E-state index in [9.17, 15) is 10.1 Å². The van der Waals surface area contributed by atoms with Gasteiger partial charge in [0.2, 0.25) is 5.78 Å². The number of hydrogen-bond donors (Lipinski definition) is 0. The third-order valence-electron chi connectivity index (χ3n) is 4.63. The van der Waals surface area contributed by atoms with Crippen LogP contribution >= 0.6 is 0 Å². The van der Waals surface area contributed by atoms with Crippen molar-refractivity contribution in [1.82, 2.24) is 14.8 Å². The summed E-state index contributed by atoms with van der Waals surface area (Å²) in [5.41, 5.74) is 1.03. The summed E-state index contributed by atoms with van der Waals surface area (Å²) in [6.45, 7) is 4.78. The highest BCUT2D eigenvalue weighted by Crippen LogP contribution is 2.26. The largest absolute Gasteiger partial charge is 0.458 e. The van der Waals surface area contributed by atoms with Crippen molar-refractivity contribution >= 4 is 5.78 Å². The van der Waals surface area contributed by atoms with E-state index in [0.717, 1.165) is 62.2 Å². The first kappa shape index (κ1) is 16.4. The molecule has 0 N–H and O–H groups in total. The van der Waals surface area contributed by atoms with Crippen molar-refractivity contribution in [3.05, 3.63) is 34.8 Å². The van der Waals surface area contributed by atoms with Crippen LogP contribution in [-0.4, -0.2) is 20.5 Å². The van der Waals surface area contributed by atoms with Crippen molar-refractivity contribution in [3.63, 3.8) is 0 Å². The highest BCUT2D eigenvalue weighted by molar-refractivity contribution is 6.00. The number of nitrogens with zero attached hydrogens (tertiary/aromatic N) is 4. The number of aromatic nitrogens is 3. The lowest BCUT2D eigenvalue weighted by atomic mass is 10.0. The molecule has 1 unspecified atom stereocenters. The SMILES string of the molecule is CCc1cc(C(=O)C(C#N)c2nnc3n2CCCCC3)oc1CC. The van der Waals surface area contributed by atoms with E-state index in [2.05, 4.69) is 16.3 Å². The van der Waals surface area contributed by atoms with Crippen LogP contribution in [0.1, 0.15) is 72.6 Å². The summed E-state index contributed by atoms with van der Waals surface area (Å²) in [6.07, 6.45) is 5.60. The molecule has 2 aromatic rings. The Balaban J connectivity index is 1.95. The van der Waals surface area contributed by atoms with Crippen LogP contribution in [0.3, 0.4) is 0 Å². The van der Waals surface area contributed by atoms with Gasteiger partial charge in [-0.25, -0.2) is 0 Å². The number of carbonyl (C=O) groups excluding carboxylic acids is 1. The van der Waals surface area contributed by atoms with E-state index >= 15 is 0 Å². The molecule has 24 heavy (non-hydrogen) atoms. The van der Waals surface area contributed by atoms with Gasteiger partial charge in [0, 0.05) is 19.4 Å². The van der Waals surface area contributed by atoms with Gasteiger partial charge in [0.15, 0.2) is 17.5 Å². The minimum atomic E-state index is -0.968. The molecule has 0 amide bonds. The van der Waals surface area contributed by atoms with E-state index in [4.69, 9.17) is 4.42 Å². The summed E-state index contributed by atoms with van der Waals surface area (Å²) in [5, 5.41) is 17.9. The summed E-state index contributed by atoms with van der Waals surface area (Å²) >= 11 is 0. The van der Waals surface area contributed by atoms with E-state index in [1.807, 2.05) is 18.4 Å². The van der Waals surface area contributed by atoms with Crippen molar-refractivity contribution in [1.29, 1.82) is 5.26 Å². The zero-order chi connectivity index (χ0) is 17.1. The van der Waals surface area contributed by atoms with E-state index < -0.39 is 5.92 Å². The van der Waals surface area contributed by atoms with Gasteiger partial charge in [-0.05, 0) is 30.9 Å². The Bertz CT molecular complexity index is 760. The van der Waals surface area contributed by atoms with Crippen molar-refractivity contribution in [2.45, 2.75) is 64.8 Å². The fourth-order valence-corrected chi connectivity index (χ4v) is 3.28. The first-order chi connectivity index (χ1) is 11.7. The molecule has 6 heteroatoms. The normalized spacial score (nSPS) is 15.4. The van der Waals surface area contributed by atoms with E-state index in [0.29, 0.717) is 5.82 Å². The maximum absolute atomic E-state index is 12.8. The van der Waals surface area contributed by atoms with Crippen LogP contribution < -0.4 is 0 Å². The number of nitriles is 1. The number of furan rings is 1. The molecule has 0 saturated heterocycles. The van der Waals surface area contributed by atoms with Gasteiger partial charge in [-0.2, -0.15) is 5.26 Å². The number of rotatable bonds is 5. The molecular weight excluding hydrogens is 304 g/mol. The molecule has 0 bridgehead atoms. The molecule has 3 heterocycles. The average molecular weight is 326 g/mol. The van der Waals surface area contributed by atoms with Crippen molar-refractivity contribution in [2.75, 3.05) is 0 Å². The minimum absolute atomic E-state index is 0.251. The summed E-state index contributed by atoms with van der Waals surface area (Å²) in [6, 6.07) is 3.87. The predicted octanol–water partition coefficient (Wildman–Crippen LogP) is 3.21. The second-order valence-corrected chi connectivity index (χ2v) is 6.13. The Morgan fingerprint density at radius 3 is 2.83 bits per heavy atom.